The number of rotatable bonds is 6. The Morgan fingerprint density at radius 3 is 1.80 bits per heavy atom. The molecule has 0 amide bonds. The lowest BCUT2D eigenvalue weighted by Gasteiger charge is -2.26. The van der Waals surface area contributed by atoms with Crippen molar-refractivity contribution in [3.63, 3.8) is 0 Å². The average molecular weight is 754 g/mol. The molecule has 0 spiro atoms. The first-order chi connectivity index (χ1) is 29.2. The molecule has 12 aromatic rings. The van der Waals surface area contributed by atoms with E-state index in [9.17, 15) is 0 Å². The molecule has 0 saturated carbocycles. The van der Waals surface area contributed by atoms with Gasteiger partial charge in [0.25, 0.3) is 0 Å². The van der Waals surface area contributed by atoms with E-state index in [0.717, 1.165) is 94.0 Å². The number of hydrogen-bond acceptors (Lipinski definition) is 3. The van der Waals surface area contributed by atoms with Crippen LogP contribution in [0.1, 0.15) is 0 Å². The topological polar surface area (TPSA) is 29.5 Å². The van der Waals surface area contributed by atoms with Gasteiger partial charge in [-0.1, -0.05) is 164 Å². The van der Waals surface area contributed by atoms with E-state index in [1.54, 1.807) is 0 Å². The number of benzene rings is 10. The third-order valence-corrected chi connectivity index (χ3v) is 11.9. The van der Waals surface area contributed by atoms with Gasteiger partial charge < -0.3 is 13.7 Å². The molecular formula is C56H35NO2. The SMILES string of the molecule is c1ccc(-c2cccc3c2oc2c(N(c4ccc(-c5cccc6ccccc56)cc4)c4ccc5cc(-c6cccc7oc8ccccc8c67)ccc5c4)cccc23)cc1. The van der Waals surface area contributed by atoms with Gasteiger partial charge >= 0.3 is 0 Å². The van der Waals surface area contributed by atoms with Crippen LogP contribution in [0, 0.1) is 0 Å². The molecule has 0 unspecified atom stereocenters. The van der Waals surface area contributed by atoms with Crippen LogP contribution in [0.5, 0.6) is 0 Å². The summed E-state index contributed by atoms with van der Waals surface area (Å²) in [5.41, 5.74) is 13.5. The molecule has 0 aliphatic rings. The summed E-state index contributed by atoms with van der Waals surface area (Å²) in [7, 11) is 0. The number of fused-ring (bicyclic) bond motifs is 8. The van der Waals surface area contributed by atoms with Crippen LogP contribution in [-0.4, -0.2) is 0 Å². The summed E-state index contributed by atoms with van der Waals surface area (Å²) < 4.78 is 13.2. The molecule has 0 atom stereocenters. The molecule has 3 heteroatoms. The molecule has 2 heterocycles. The van der Waals surface area contributed by atoms with Crippen molar-refractivity contribution in [3.05, 3.63) is 212 Å². The molecule has 0 aliphatic heterocycles. The van der Waals surface area contributed by atoms with E-state index in [1.807, 2.05) is 12.1 Å². The van der Waals surface area contributed by atoms with Crippen molar-refractivity contribution in [1.29, 1.82) is 0 Å². The Morgan fingerprint density at radius 2 is 0.898 bits per heavy atom. The Labute approximate surface area is 340 Å². The Hall–Kier alpha value is -7.88. The first-order valence-electron chi connectivity index (χ1n) is 20.1. The minimum Gasteiger partial charge on any atom is -0.456 e. The highest BCUT2D eigenvalue weighted by Crippen LogP contribution is 2.45. The second-order valence-corrected chi connectivity index (χ2v) is 15.2. The van der Waals surface area contributed by atoms with Crippen molar-refractivity contribution in [2.75, 3.05) is 4.90 Å². The van der Waals surface area contributed by atoms with Gasteiger partial charge in [-0.25, -0.2) is 0 Å². The van der Waals surface area contributed by atoms with Crippen LogP contribution in [0.15, 0.2) is 221 Å². The predicted octanol–water partition coefficient (Wildman–Crippen LogP) is 16.3. The van der Waals surface area contributed by atoms with Crippen molar-refractivity contribution >= 4 is 82.5 Å². The van der Waals surface area contributed by atoms with Crippen LogP contribution >= 0.6 is 0 Å². The number of para-hydroxylation sites is 3. The van der Waals surface area contributed by atoms with Gasteiger partial charge in [-0.05, 0) is 97.9 Å². The number of hydrogen-bond donors (Lipinski definition) is 0. The molecule has 2 aromatic heterocycles. The van der Waals surface area contributed by atoms with Crippen LogP contribution in [0.25, 0.3) is 98.8 Å². The van der Waals surface area contributed by atoms with Gasteiger partial charge in [0.2, 0.25) is 0 Å². The second kappa shape index (κ2) is 13.4. The van der Waals surface area contributed by atoms with Crippen LogP contribution < -0.4 is 4.90 Å². The quantitative estimate of drug-likeness (QED) is 0.169. The highest BCUT2D eigenvalue weighted by Gasteiger charge is 2.22. The maximum absolute atomic E-state index is 7.00. The molecule has 59 heavy (non-hydrogen) atoms. The summed E-state index contributed by atoms with van der Waals surface area (Å²) in [6, 6.07) is 75.7. The summed E-state index contributed by atoms with van der Waals surface area (Å²) in [5, 5.41) is 9.24. The summed E-state index contributed by atoms with van der Waals surface area (Å²) in [4.78, 5) is 2.34. The summed E-state index contributed by atoms with van der Waals surface area (Å²) >= 11 is 0. The Kier molecular flexibility index (Phi) is 7.54. The molecule has 12 rings (SSSR count). The molecule has 0 saturated heterocycles. The standard InChI is InChI=1S/C56H35NO2/c1-2-12-37(13-3-1)47-20-9-21-48-49-22-10-23-51(56(49)59-55(47)48)57(42-31-28-38(29-32-42)45-18-8-15-36-14-4-5-16-44(36)45)43-33-30-39-34-41(27-26-40(39)35-43)46-19-11-25-53-54(46)50-17-6-7-24-52(50)58-53/h1-35H. The highest BCUT2D eigenvalue weighted by molar-refractivity contribution is 6.15. The molecule has 10 aromatic carbocycles. The first kappa shape index (κ1) is 33.3. The van der Waals surface area contributed by atoms with E-state index in [0.29, 0.717) is 0 Å². The maximum Gasteiger partial charge on any atom is 0.159 e. The van der Waals surface area contributed by atoms with Gasteiger partial charge in [-0.2, -0.15) is 0 Å². The lowest BCUT2D eigenvalue weighted by atomic mass is 9.96. The molecular weight excluding hydrogens is 719 g/mol. The fraction of sp³-hybridized carbons (Fsp3) is 0. The fourth-order valence-electron chi connectivity index (χ4n) is 9.08. The van der Waals surface area contributed by atoms with Gasteiger partial charge in [0, 0.05) is 38.5 Å². The van der Waals surface area contributed by atoms with E-state index in [2.05, 4.69) is 205 Å². The molecule has 276 valence electrons. The minimum atomic E-state index is 0.847. The summed E-state index contributed by atoms with van der Waals surface area (Å²) in [6.07, 6.45) is 0. The van der Waals surface area contributed by atoms with Crippen LogP contribution in [0.4, 0.5) is 17.1 Å². The van der Waals surface area contributed by atoms with E-state index >= 15 is 0 Å². The van der Waals surface area contributed by atoms with Gasteiger partial charge in [-0.15, -0.1) is 0 Å². The monoisotopic (exact) mass is 753 g/mol. The summed E-state index contributed by atoms with van der Waals surface area (Å²) in [6.45, 7) is 0. The normalized spacial score (nSPS) is 11.7. The number of nitrogens with zero attached hydrogens (tertiary/aromatic N) is 1. The molecule has 0 N–H and O–H groups in total. The second-order valence-electron chi connectivity index (χ2n) is 15.2. The zero-order chi connectivity index (χ0) is 38.9. The van der Waals surface area contributed by atoms with Crippen molar-refractivity contribution < 1.29 is 8.83 Å². The van der Waals surface area contributed by atoms with E-state index in [-0.39, 0.29) is 0 Å². The third kappa shape index (κ3) is 5.44. The van der Waals surface area contributed by atoms with Gasteiger partial charge in [0.15, 0.2) is 5.58 Å². The minimum absolute atomic E-state index is 0.847. The lowest BCUT2D eigenvalue weighted by Crippen LogP contribution is -2.10. The van der Waals surface area contributed by atoms with Gasteiger partial charge in [-0.3, -0.25) is 0 Å². The Bertz CT molecular complexity index is 3550. The average Bonchev–Trinajstić information content (AvgIpc) is 3.89. The van der Waals surface area contributed by atoms with Crippen LogP contribution in [0.3, 0.4) is 0 Å². The van der Waals surface area contributed by atoms with Crippen molar-refractivity contribution in [2.45, 2.75) is 0 Å². The van der Waals surface area contributed by atoms with Crippen LogP contribution in [0.2, 0.25) is 0 Å². The molecule has 0 radical (unpaired) electrons. The van der Waals surface area contributed by atoms with E-state index < -0.39 is 0 Å². The molecule has 0 aliphatic carbocycles. The third-order valence-electron chi connectivity index (χ3n) is 11.9. The first-order valence-corrected chi connectivity index (χ1v) is 20.1. The van der Waals surface area contributed by atoms with Crippen molar-refractivity contribution in [3.8, 4) is 33.4 Å². The Balaban J connectivity index is 1.03. The van der Waals surface area contributed by atoms with Crippen molar-refractivity contribution in [1.82, 2.24) is 0 Å². The largest absolute Gasteiger partial charge is 0.456 e. The predicted molar refractivity (Wildman–Crippen MR) is 247 cm³/mol. The molecule has 0 bridgehead atoms. The fourth-order valence-corrected chi connectivity index (χ4v) is 9.08. The highest BCUT2D eigenvalue weighted by atomic mass is 16.3. The molecule has 3 nitrogen and oxygen atoms in total. The zero-order valence-electron chi connectivity index (χ0n) is 32.0. The summed E-state index contributed by atoms with van der Waals surface area (Å²) in [5.74, 6) is 0. The zero-order valence-corrected chi connectivity index (χ0v) is 32.0. The smallest absolute Gasteiger partial charge is 0.159 e. The number of furan rings is 2. The lowest BCUT2D eigenvalue weighted by molar-refractivity contribution is 0.669. The van der Waals surface area contributed by atoms with Crippen molar-refractivity contribution in [2.24, 2.45) is 0 Å². The maximum atomic E-state index is 7.00. The number of anilines is 3. The molecule has 0 fully saturated rings. The van der Waals surface area contributed by atoms with Gasteiger partial charge in [0.1, 0.15) is 16.7 Å². The van der Waals surface area contributed by atoms with E-state index in [4.69, 9.17) is 8.83 Å². The Morgan fingerprint density at radius 1 is 0.305 bits per heavy atom. The van der Waals surface area contributed by atoms with Gasteiger partial charge in [0.05, 0.1) is 5.69 Å². The van der Waals surface area contributed by atoms with Crippen LogP contribution in [-0.2, 0) is 0 Å². The van der Waals surface area contributed by atoms with E-state index in [1.165, 1.54) is 21.9 Å².